The topological polar surface area (TPSA) is 105 Å². The van der Waals surface area contributed by atoms with Crippen LogP contribution in [0.5, 0.6) is 0 Å². The van der Waals surface area contributed by atoms with E-state index < -0.39 is 17.8 Å². The van der Waals surface area contributed by atoms with E-state index >= 15 is 0 Å². The van der Waals surface area contributed by atoms with E-state index in [0.717, 1.165) is 5.69 Å². The van der Waals surface area contributed by atoms with Gasteiger partial charge in [0, 0.05) is 29.9 Å². The maximum absolute atomic E-state index is 12.7. The second-order valence-electron chi connectivity index (χ2n) is 8.03. The van der Waals surface area contributed by atoms with Gasteiger partial charge >= 0.3 is 5.97 Å². The number of carbonyl (C=O) groups excluding carboxylic acids is 4. The number of carbonyl (C=O) groups is 4. The molecule has 0 aliphatic carbocycles. The number of amides is 3. The Morgan fingerprint density at radius 1 is 0.914 bits per heavy atom. The summed E-state index contributed by atoms with van der Waals surface area (Å²) in [6, 6.07) is 22.3. The largest absolute Gasteiger partial charge is 0.462 e. The van der Waals surface area contributed by atoms with Gasteiger partial charge in [0.15, 0.2) is 0 Å². The van der Waals surface area contributed by atoms with E-state index in [0.29, 0.717) is 23.5 Å². The molecule has 2 N–H and O–H groups in total. The molecule has 3 aromatic rings. The predicted octanol–water partition coefficient (Wildman–Crippen LogP) is 4.11. The Morgan fingerprint density at radius 2 is 1.60 bits per heavy atom. The first kappa shape index (κ1) is 23.7. The lowest BCUT2D eigenvalue weighted by Gasteiger charge is -2.16. The summed E-state index contributed by atoms with van der Waals surface area (Å²) in [7, 11) is 0. The van der Waals surface area contributed by atoms with Crippen LogP contribution in [0.4, 0.5) is 17.1 Å². The molecule has 0 aromatic heterocycles. The molecule has 4 rings (SSSR count). The van der Waals surface area contributed by atoms with Crippen LogP contribution in [-0.4, -0.2) is 36.8 Å². The molecule has 8 nitrogen and oxygen atoms in total. The highest BCUT2D eigenvalue weighted by molar-refractivity contribution is 6.08. The van der Waals surface area contributed by atoms with Crippen molar-refractivity contribution in [3.63, 3.8) is 0 Å². The molecule has 8 heteroatoms. The Hall–Kier alpha value is -4.46. The number of anilines is 3. The van der Waals surface area contributed by atoms with Gasteiger partial charge in [-0.2, -0.15) is 0 Å². The lowest BCUT2D eigenvalue weighted by atomic mass is 10.1. The van der Waals surface area contributed by atoms with E-state index in [4.69, 9.17) is 4.74 Å². The molecule has 0 radical (unpaired) electrons. The highest BCUT2D eigenvalue weighted by Crippen LogP contribution is 2.26. The summed E-state index contributed by atoms with van der Waals surface area (Å²) >= 11 is 0. The fraction of sp³-hybridized carbons (Fsp3) is 0.185. The molecule has 1 aliphatic rings. The predicted molar refractivity (Wildman–Crippen MR) is 132 cm³/mol. The Kier molecular flexibility index (Phi) is 7.21. The number of hydrogen-bond donors (Lipinski definition) is 2. The van der Waals surface area contributed by atoms with Crippen molar-refractivity contribution in [3.8, 4) is 0 Å². The molecule has 1 unspecified atom stereocenters. The second-order valence-corrected chi connectivity index (χ2v) is 8.03. The van der Waals surface area contributed by atoms with E-state index in [2.05, 4.69) is 10.6 Å². The van der Waals surface area contributed by atoms with Crippen LogP contribution < -0.4 is 15.5 Å². The highest BCUT2D eigenvalue weighted by atomic mass is 16.5. The Labute approximate surface area is 202 Å². The first-order chi connectivity index (χ1) is 17.0. The minimum atomic E-state index is -0.516. The van der Waals surface area contributed by atoms with Gasteiger partial charge in [-0.3, -0.25) is 14.4 Å². The number of ether oxygens (including phenoxy) is 1. The first-order valence-corrected chi connectivity index (χ1v) is 11.3. The fourth-order valence-corrected chi connectivity index (χ4v) is 3.86. The van der Waals surface area contributed by atoms with Crippen molar-refractivity contribution in [2.45, 2.75) is 13.3 Å². The lowest BCUT2D eigenvalue weighted by molar-refractivity contribution is -0.122. The second kappa shape index (κ2) is 10.6. The summed E-state index contributed by atoms with van der Waals surface area (Å²) in [5.41, 5.74) is 2.26. The van der Waals surface area contributed by atoms with Crippen LogP contribution >= 0.6 is 0 Å². The van der Waals surface area contributed by atoms with Gasteiger partial charge in [0.25, 0.3) is 5.91 Å². The normalized spacial score (nSPS) is 14.9. The molecule has 3 aromatic carbocycles. The average Bonchev–Trinajstić information content (AvgIpc) is 3.27. The molecule has 1 fully saturated rings. The molecule has 3 amide bonds. The number of para-hydroxylation sites is 2. The zero-order chi connectivity index (χ0) is 24.8. The molecule has 0 spiro atoms. The van der Waals surface area contributed by atoms with E-state index in [1.54, 1.807) is 60.4 Å². The Balaban J connectivity index is 1.37. The minimum absolute atomic E-state index is 0.0912. The summed E-state index contributed by atoms with van der Waals surface area (Å²) in [6.07, 6.45) is 0.140. The maximum atomic E-state index is 12.7. The van der Waals surface area contributed by atoms with Gasteiger partial charge in [-0.05, 0) is 55.5 Å². The number of rotatable bonds is 7. The van der Waals surface area contributed by atoms with Gasteiger partial charge in [-0.15, -0.1) is 0 Å². The summed E-state index contributed by atoms with van der Waals surface area (Å²) < 4.78 is 5.03. The van der Waals surface area contributed by atoms with E-state index in [1.165, 1.54) is 0 Å². The van der Waals surface area contributed by atoms with Crippen molar-refractivity contribution in [2.24, 2.45) is 5.92 Å². The molecule has 1 heterocycles. The van der Waals surface area contributed by atoms with Gasteiger partial charge < -0.3 is 20.3 Å². The molecule has 1 saturated heterocycles. The van der Waals surface area contributed by atoms with Crippen LogP contribution in [-0.2, 0) is 14.3 Å². The Bertz CT molecular complexity index is 1240. The molecule has 35 heavy (non-hydrogen) atoms. The lowest BCUT2D eigenvalue weighted by Crippen LogP contribution is -2.28. The third kappa shape index (κ3) is 5.55. The van der Waals surface area contributed by atoms with Crippen molar-refractivity contribution in [1.82, 2.24) is 0 Å². The maximum Gasteiger partial charge on any atom is 0.340 e. The number of hydrogen-bond acceptors (Lipinski definition) is 5. The van der Waals surface area contributed by atoms with E-state index in [1.807, 2.05) is 30.3 Å². The molecule has 0 bridgehead atoms. The smallest absolute Gasteiger partial charge is 0.340 e. The van der Waals surface area contributed by atoms with Crippen molar-refractivity contribution < 1.29 is 23.9 Å². The molecule has 178 valence electrons. The van der Waals surface area contributed by atoms with Crippen LogP contribution in [0.1, 0.15) is 34.1 Å². The molecular weight excluding hydrogens is 446 g/mol. The average molecular weight is 472 g/mol. The monoisotopic (exact) mass is 471 g/mol. The van der Waals surface area contributed by atoms with Gasteiger partial charge in [-0.1, -0.05) is 30.3 Å². The summed E-state index contributed by atoms with van der Waals surface area (Å²) in [6.45, 7) is 2.26. The Morgan fingerprint density at radius 3 is 2.31 bits per heavy atom. The first-order valence-electron chi connectivity index (χ1n) is 11.3. The SMILES string of the molecule is CCOC(=O)c1ccccc1NC(=O)c1ccc(NC(=O)C2CC(=O)N(c3ccccc3)C2)cc1. The third-order valence-electron chi connectivity index (χ3n) is 5.65. The number of esters is 1. The van der Waals surface area contributed by atoms with Gasteiger partial charge in [0.1, 0.15) is 0 Å². The summed E-state index contributed by atoms with van der Waals surface area (Å²) in [5.74, 6) is -1.73. The summed E-state index contributed by atoms with van der Waals surface area (Å²) in [4.78, 5) is 51.6. The van der Waals surface area contributed by atoms with Crippen molar-refractivity contribution >= 4 is 40.8 Å². The van der Waals surface area contributed by atoms with Gasteiger partial charge in [-0.25, -0.2) is 4.79 Å². The number of benzene rings is 3. The van der Waals surface area contributed by atoms with Gasteiger partial charge in [0.05, 0.1) is 23.8 Å². The van der Waals surface area contributed by atoms with Crippen LogP contribution in [0.2, 0.25) is 0 Å². The quantitative estimate of drug-likeness (QED) is 0.505. The molecule has 1 atom stereocenters. The number of nitrogens with one attached hydrogen (secondary N) is 2. The zero-order valence-electron chi connectivity index (χ0n) is 19.2. The molecule has 0 saturated carbocycles. The van der Waals surface area contributed by atoms with Crippen LogP contribution in [0.3, 0.4) is 0 Å². The fourth-order valence-electron chi connectivity index (χ4n) is 3.86. The highest BCUT2D eigenvalue weighted by Gasteiger charge is 2.35. The van der Waals surface area contributed by atoms with E-state index in [-0.39, 0.29) is 30.4 Å². The third-order valence-corrected chi connectivity index (χ3v) is 5.65. The zero-order valence-corrected chi connectivity index (χ0v) is 19.2. The van der Waals surface area contributed by atoms with E-state index in [9.17, 15) is 19.2 Å². The minimum Gasteiger partial charge on any atom is -0.462 e. The van der Waals surface area contributed by atoms with Crippen LogP contribution in [0, 0.1) is 5.92 Å². The van der Waals surface area contributed by atoms with Crippen LogP contribution in [0.25, 0.3) is 0 Å². The molecular formula is C27H25N3O5. The van der Waals surface area contributed by atoms with Crippen molar-refractivity contribution in [1.29, 1.82) is 0 Å². The standard InChI is InChI=1S/C27H25N3O5/c1-2-35-27(34)22-10-6-7-11-23(22)29-25(32)18-12-14-20(15-13-18)28-26(33)19-16-24(31)30(17-19)21-8-4-3-5-9-21/h3-15,19H,2,16-17H2,1H3,(H,28,33)(H,29,32). The van der Waals surface area contributed by atoms with Crippen molar-refractivity contribution in [2.75, 3.05) is 28.7 Å². The van der Waals surface area contributed by atoms with Crippen LogP contribution in [0.15, 0.2) is 78.9 Å². The molecule has 1 aliphatic heterocycles. The van der Waals surface area contributed by atoms with Gasteiger partial charge in [0.2, 0.25) is 11.8 Å². The number of nitrogens with zero attached hydrogens (tertiary/aromatic N) is 1. The summed E-state index contributed by atoms with van der Waals surface area (Å²) in [5, 5.41) is 5.55. The van der Waals surface area contributed by atoms with Crippen molar-refractivity contribution in [3.05, 3.63) is 90.0 Å².